The van der Waals surface area contributed by atoms with Crippen molar-refractivity contribution in [3.8, 4) is 40.4 Å². The fourth-order valence-electron chi connectivity index (χ4n) is 9.62. The summed E-state index contributed by atoms with van der Waals surface area (Å²) in [6, 6.07) is 31.3. The maximum absolute atomic E-state index is 15.0. The predicted octanol–water partition coefficient (Wildman–Crippen LogP) is 18.4. The van der Waals surface area contributed by atoms with Gasteiger partial charge in [0, 0.05) is 63.2 Å². The van der Waals surface area contributed by atoms with Crippen LogP contribution in [0.5, 0.6) is 0 Å². The van der Waals surface area contributed by atoms with Crippen LogP contribution in [-0.4, -0.2) is 24.9 Å². The second-order valence-electron chi connectivity index (χ2n) is 18.4. The van der Waals surface area contributed by atoms with Crippen LogP contribution in [-0.2, 0) is 22.4 Å². The molecule has 8 heteroatoms. The summed E-state index contributed by atoms with van der Waals surface area (Å²) in [5.74, 6) is -0.0809. The van der Waals surface area contributed by atoms with E-state index in [-0.39, 0.29) is 11.8 Å². The van der Waals surface area contributed by atoms with Crippen LogP contribution in [0, 0.1) is 0 Å². The summed E-state index contributed by atoms with van der Waals surface area (Å²) < 4.78 is 0. The molecular weight excluding hydrogens is 885 g/mol. The van der Waals surface area contributed by atoms with Gasteiger partial charge in [-0.05, 0) is 110 Å². The Labute approximate surface area is 411 Å². The first kappa shape index (κ1) is 48.4. The minimum Gasteiger partial charge on any atom is -0.308 e. The van der Waals surface area contributed by atoms with Gasteiger partial charge in [0.2, 0.25) is 0 Å². The number of carbonyl (C=O) groups is 2. The maximum Gasteiger partial charge on any atom is 0.259 e. The minimum atomic E-state index is -0.0405. The Morgan fingerprint density at radius 3 is 1.12 bits per heavy atom. The van der Waals surface area contributed by atoms with E-state index in [1.54, 1.807) is 0 Å². The smallest absolute Gasteiger partial charge is 0.259 e. The van der Waals surface area contributed by atoms with Crippen LogP contribution in [0.4, 0.5) is 11.4 Å². The van der Waals surface area contributed by atoms with E-state index in [2.05, 4.69) is 113 Å². The van der Waals surface area contributed by atoms with Crippen LogP contribution in [0.15, 0.2) is 84.9 Å². The molecule has 0 fully saturated rings. The lowest BCUT2D eigenvalue weighted by atomic mass is 9.95. The number of hydrogen-bond acceptors (Lipinski definition) is 6. The Balaban J connectivity index is 1.12. The van der Waals surface area contributed by atoms with Gasteiger partial charge in [-0.3, -0.25) is 9.59 Å². The lowest BCUT2D eigenvalue weighted by molar-refractivity contribution is -0.114. The number of fused-ring (bicyclic) bond motifs is 2. The number of anilines is 2. The molecule has 2 aromatic carbocycles. The van der Waals surface area contributed by atoms with E-state index in [1.807, 2.05) is 55.1 Å². The molecule has 0 aliphatic carbocycles. The highest BCUT2D eigenvalue weighted by molar-refractivity contribution is 7.24. The topological polar surface area (TPSA) is 40.6 Å². The molecule has 4 nitrogen and oxygen atoms in total. The van der Waals surface area contributed by atoms with E-state index in [0.717, 1.165) is 72.2 Å². The van der Waals surface area contributed by atoms with Crippen LogP contribution >= 0.6 is 45.3 Å². The average Bonchev–Trinajstić information content (AvgIpc) is 4.21. The summed E-state index contributed by atoms with van der Waals surface area (Å²) in [6.07, 6.45) is 23.7. The average molecular weight is 955 g/mol. The van der Waals surface area contributed by atoms with Crippen molar-refractivity contribution < 1.29 is 9.59 Å². The number of benzene rings is 2. The van der Waals surface area contributed by atoms with Crippen LogP contribution in [0.2, 0.25) is 0 Å². The van der Waals surface area contributed by atoms with E-state index in [4.69, 9.17) is 0 Å². The summed E-state index contributed by atoms with van der Waals surface area (Å²) in [7, 11) is 0. The molecule has 0 unspecified atom stereocenters. The standard InChI is InChI=1S/C58H70N2O2S4/c1-5-9-13-17-21-37-59-47-39-41(49-33-35-53(65-49)51-31-27-43(63-51)23-19-15-11-7-3)25-29-45(47)55(57(59)61)56-46-30-26-42(40-48(46)60(58(56)62)38-22-18-14-10-6-2)50-34-36-54(66-50)52-32-28-44(64-52)24-20-16-12-8-4/h25-36,39-40H,5-24,37-38H2,1-4H3/b56-55-. The highest BCUT2D eigenvalue weighted by Gasteiger charge is 2.42. The molecule has 6 heterocycles. The van der Waals surface area contributed by atoms with Crippen molar-refractivity contribution in [1.82, 2.24) is 0 Å². The number of thiophene rings is 4. The van der Waals surface area contributed by atoms with Gasteiger partial charge in [-0.25, -0.2) is 0 Å². The maximum atomic E-state index is 15.0. The Kier molecular flexibility index (Phi) is 17.4. The Morgan fingerprint density at radius 2 is 0.712 bits per heavy atom. The molecular formula is C58H70N2O2S4. The molecule has 0 radical (unpaired) electrons. The number of nitrogens with zero attached hydrogens (tertiary/aromatic N) is 2. The van der Waals surface area contributed by atoms with E-state index in [1.165, 1.54) is 129 Å². The van der Waals surface area contributed by atoms with Gasteiger partial charge in [0.15, 0.2) is 0 Å². The van der Waals surface area contributed by atoms with Gasteiger partial charge in [-0.2, -0.15) is 0 Å². The largest absolute Gasteiger partial charge is 0.308 e. The van der Waals surface area contributed by atoms with E-state index in [9.17, 15) is 0 Å². The van der Waals surface area contributed by atoms with E-state index in [0.29, 0.717) is 24.2 Å². The summed E-state index contributed by atoms with van der Waals surface area (Å²) in [6.45, 7) is 10.3. The van der Waals surface area contributed by atoms with E-state index < -0.39 is 0 Å². The molecule has 4 aromatic heterocycles. The first-order chi connectivity index (χ1) is 32.4. The SMILES string of the molecule is CCCCCCCN1C(=O)/C(=C2\C(=O)N(CCCCCCC)c3cc(-c4ccc(-c5ccc(CCCCCC)s5)s4)ccc32)c2ccc(-c3ccc(-c4ccc(CCCCCC)s4)s3)cc21. The molecule has 2 aliphatic rings. The Hall–Kier alpha value is -4.08. The number of hydrogen-bond donors (Lipinski definition) is 0. The van der Waals surface area contributed by atoms with Crippen molar-refractivity contribution in [1.29, 1.82) is 0 Å². The van der Waals surface area contributed by atoms with Crippen molar-refractivity contribution in [3.05, 3.63) is 106 Å². The second-order valence-corrected chi connectivity index (χ2v) is 22.9. The van der Waals surface area contributed by atoms with Gasteiger partial charge < -0.3 is 9.80 Å². The van der Waals surface area contributed by atoms with Crippen molar-refractivity contribution in [2.24, 2.45) is 0 Å². The molecule has 0 bridgehead atoms. The first-order valence-electron chi connectivity index (χ1n) is 25.5. The Bertz CT molecular complexity index is 2410. The van der Waals surface area contributed by atoms with Crippen molar-refractivity contribution >= 4 is 79.7 Å². The fourth-order valence-corrected chi connectivity index (χ4v) is 13.9. The molecule has 2 aliphatic heterocycles. The number of amides is 2. The molecule has 2 amide bonds. The lowest BCUT2D eigenvalue weighted by Crippen LogP contribution is -2.30. The van der Waals surface area contributed by atoms with Crippen LogP contribution in [0.25, 0.3) is 51.5 Å². The quantitative estimate of drug-likeness (QED) is 0.0401. The van der Waals surface area contributed by atoms with Crippen molar-refractivity contribution in [2.75, 3.05) is 22.9 Å². The van der Waals surface area contributed by atoms with Crippen molar-refractivity contribution in [3.63, 3.8) is 0 Å². The molecule has 0 saturated heterocycles. The van der Waals surface area contributed by atoms with Crippen LogP contribution in [0.1, 0.15) is 164 Å². The van der Waals surface area contributed by atoms with Gasteiger partial charge in [0.25, 0.3) is 11.8 Å². The van der Waals surface area contributed by atoms with Crippen LogP contribution in [0.3, 0.4) is 0 Å². The number of rotatable bonds is 26. The highest BCUT2D eigenvalue weighted by Crippen LogP contribution is 2.50. The van der Waals surface area contributed by atoms with Gasteiger partial charge >= 0.3 is 0 Å². The molecule has 0 saturated carbocycles. The van der Waals surface area contributed by atoms with Gasteiger partial charge in [-0.15, -0.1) is 45.3 Å². The van der Waals surface area contributed by atoms with Crippen LogP contribution < -0.4 is 9.80 Å². The normalized spacial score (nSPS) is 14.6. The molecule has 66 heavy (non-hydrogen) atoms. The van der Waals surface area contributed by atoms with Gasteiger partial charge in [-0.1, -0.05) is 142 Å². The van der Waals surface area contributed by atoms with Gasteiger partial charge in [0.05, 0.1) is 22.5 Å². The van der Waals surface area contributed by atoms with Gasteiger partial charge in [0.1, 0.15) is 0 Å². The zero-order chi connectivity index (χ0) is 45.8. The highest BCUT2D eigenvalue weighted by atomic mass is 32.1. The lowest BCUT2D eigenvalue weighted by Gasteiger charge is -2.18. The molecule has 0 N–H and O–H groups in total. The predicted molar refractivity (Wildman–Crippen MR) is 291 cm³/mol. The third kappa shape index (κ3) is 11.3. The van der Waals surface area contributed by atoms with Crippen molar-refractivity contribution in [2.45, 2.75) is 156 Å². The number of carbonyl (C=O) groups excluding carboxylic acids is 2. The molecule has 8 rings (SSSR count). The summed E-state index contributed by atoms with van der Waals surface area (Å²) >= 11 is 7.51. The molecule has 6 aromatic rings. The molecule has 0 spiro atoms. The third-order valence-corrected chi connectivity index (χ3v) is 18.3. The summed E-state index contributed by atoms with van der Waals surface area (Å²) in [5, 5.41) is 0. The summed E-state index contributed by atoms with van der Waals surface area (Å²) in [5.41, 5.74) is 7.00. The third-order valence-electron chi connectivity index (χ3n) is 13.4. The zero-order valence-electron chi connectivity index (χ0n) is 40.0. The summed E-state index contributed by atoms with van der Waals surface area (Å²) in [4.78, 5) is 44.6. The molecule has 348 valence electrons. The Morgan fingerprint density at radius 1 is 0.364 bits per heavy atom. The molecule has 0 atom stereocenters. The fraction of sp³-hybridized carbons (Fsp3) is 0.448. The number of unbranched alkanes of at least 4 members (excludes halogenated alkanes) is 14. The van der Waals surface area contributed by atoms with E-state index >= 15 is 9.59 Å². The monoisotopic (exact) mass is 954 g/mol. The second kappa shape index (κ2) is 23.8. The first-order valence-corrected chi connectivity index (χ1v) is 28.7. The zero-order valence-corrected chi connectivity index (χ0v) is 43.2. The minimum absolute atomic E-state index is 0.0405. The number of aryl methyl sites for hydroxylation is 2.